The van der Waals surface area contributed by atoms with Crippen molar-refractivity contribution in [2.75, 3.05) is 6.61 Å². The smallest absolute Gasteiger partial charge is 0.220 e. The van der Waals surface area contributed by atoms with Crippen LogP contribution in [0.4, 0.5) is 4.39 Å². The first-order valence-corrected chi connectivity index (χ1v) is 8.24. The van der Waals surface area contributed by atoms with E-state index in [2.05, 4.69) is 15.3 Å². The van der Waals surface area contributed by atoms with Crippen molar-refractivity contribution >= 4 is 16.9 Å². The molecule has 0 spiro atoms. The number of carbonyl (C=O) groups is 1. The third-order valence-electron chi connectivity index (χ3n) is 3.81. The average molecular weight is 341 g/mol. The zero-order chi connectivity index (χ0) is 17.6. The molecule has 0 saturated carbocycles. The van der Waals surface area contributed by atoms with Gasteiger partial charge in [0.05, 0.1) is 23.7 Å². The van der Waals surface area contributed by atoms with Crippen molar-refractivity contribution in [3.8, 4) is 5.75 Å². The van der Waals surface area contributed by atoms with Gasteiger partial charge in [0.1, 0.15) is 17.4 Å². The van der Waals surface area contributed by atoms with Gasteiger partial charge in [0, 0.05) is 12.5 Å². The number of hydrogen-bond acceptors (Lipinski definition) is 3. The Morgan fingerprint density at radius 2 is 2.12 bits per heavy atom. The second-order valence-electron chi connectivity index (χ2n) is 5.84. The number of halogens is 1. The van der Waals surface area contributed by atoms with Crippen LogP contribution in [0.3, 0.4) is 0 Å². The van der Waals surface area contributed by atoms with Gasteiger partial charge in [-0.05, 0) is 37.6 Å². The first-order valence-electron chi connectivity index (χ1n) is 8.24. The second kappa shape index (κ2) is 7.79. The molecule has 0 unspecified atom stereocenters. The van der Waals surface area contributed by atoms with Crippen LogP contribution in [0.1, 0.15) is 31.6 Å². The van der Waals surface area contributed by atoms with Crippen LogP contribution < -0.4 is 10.1 Å². The molecule has 2 N–H and O–H groups in total. The van der Waals surface area contributed by atoms with Crippen LogP contribution in [0.5, 0.6) is 5.75 Å². The van der Waals surface area contributed by atoms with Crippen LogP contribution in [0.2, 0.25) is 0 Å². The number of carbonyl (C=O) groups excluding carboxylic acids is 1. The van der Waals surface area contributed by atoms with E-state index in [1.54, 1.807) is 12.1 Å². The molecule has 1 amide bonds. The van der Waals surface area contributed by atoms with E-state index < -0.39 is 0 Å². The van der Waals surface area contributed by atoms with E-state index in [0.717, 1.165) is 16.9 Å². The number of hydrogen-bond donors (Lipinski definition) is 2. The molecule has 1 aromatic heterocycles. The van der Waals surface area contributed by atoms with Crippen LogP contribution in [-0.2, 0) is 4.79 Å². The second-order valence-corrected chi connectivity index (χ2v) is 5.84. The molecule has 25 heavy (non-hydrogen) atoms. The molecule has 1 atom stereocenters. The summed E-state index contributed by atoms with van der Waals surface area (Å²) in [4.78, 5) is 19.7. The lowest BCUT2D eigenvalue weighted by Gasteiger charge is -2.11. The predicted octanol–water partition coefficient (Wildman–Crippen LogP) is 3.74. The maximum atomic E-state index is 13.0. The molecule has 0 radical (unpaired) electrons. The molecule has 2 aromatic carbocycles. The molecular formula is C19H20FN3O2. The summed E-state index contributed by atoms with van der Waals surface area (Å²) in [5.41, 5.74) is 1.82. The zero-order valence-electron chi connectivity index (χ0n) is 14.0. The predicted molar refractivity (Wildman–Crippen MR) is 93.8 cm³/mol. The Bertz CT molecular complexity index is 830. The van der Waals surface area contributed by atoms with E-state index in [-0.39, 0.29) is 17.8 Å². The summed E-state index contributed by atoms with van der Waals surface area (Å²) in [5.74, 6) is 0.785. The molecule has 130 valence electrons. The molecular weight excluding hydrogens is 321 g/mol. The third kappa shape index (κ3) is 4.56. The zero-order valence-corrected chi connectivity index (χ0v) is 14.0. The number of fused-ring (bicyclic) bond motifs is 1. The van der Waals surface area contributed by atoms with Crippen molar-refractivity contribution in [3.05, 3.63) is 60.2 Å². The van der Waals surface area contributed by atoms with Gasteiger partial charge in [-0.25, -0.2) is 9.37 Å². The Morgan fingerprint density at radius 1 is 1.28 bits per heavy atom. The number of amides is 1. The average Bonchev–Trinajstić information content (AvgIpc) is 3.03. The Labute approximate surface area is 145 Å². The van der Waals surface area contributed by atoms with Crippen molar-refractivity contribution in [2.45, 2.75) is 25.8 Å². The molecule has 6 heteroatoms. The van der Waals surface area contributed by atoms with Crippen molar-refractivity contribution in [2.24, 2.45) is 0 Å². The van der Waals surface area contributed by atoms with Crippen LogP contribution in [0, 0.1) is 5.82 Å². The minimum atomic E-state index is -0.338. The van der Waals surface area contributed by atoms with E-state index in [1.807, 2.05) is 31.2 Å². The van der Waals surface area contributed by atoms with E-state index in [1.165, 1.54) is 12.1 Å². The number of imidazole rings is 1. The number of para-hydroxylation sites is 2. The Balaban J connectivity index is 1.44. The fraction of sp³-hybridized carbons (Fsp3) is 0.263. The van der Waals surface area contributed by atoms with E-state index in [9.17, 15) is 9.18 Å². The molecule has 0 aliphatic heterocycles. The quantitative estimate of drug-likeness (QED) is 0.643. The number of benzene rings is 2. The topological polar surface area (TPSA) is 67.0 Å². The summed E-state index contributed by atoms with van der Waals surface area (Å²) in [6.45, 7) is 2.24. The molecule has 3 aromatic rings. The number of aromatic amines is 1. The van der Waals surface area contributed by atoms with Gasteiger partial charge in [-0.2, -0.15) is 0 Å². The first kappa shape index (κ1) is 17.0. The van der Waals surface area contributed by atoms with Crippen LogP contribution >= 0.6 is 0 Å². The number of nitrogens with one attached hydrogen (secondary N) is 2. The maximum Gasteiger partial charge on any atom is 0.220 e. The van der Waals surface area contributed by atoms with Gasteiger partial charge in [-0.15, -0.1) is 0 Å². The number of ether oxygens (including phenoxy) is 1. The highest BCUT2D eigenvalue weighted by atomic mass is 19.1. The van der Waals surface area contributed by atoms with Gasteiger partial charge in [0.2, 0.25) is 5.91 Å². The van der Waals surface area contributed by atoms with Gasteiger partial charge >= 0.3 is 0 Å². The third-order valence-corrected chi connectivity index (χ3v) is 3.81. The molecule has 0 saturated heterocycles. The molecule has 0 aliphatic carbocycles. The summed E-state index contributed by atoms with van der Waals surface area (Å²) in [6.07, 6.45) is 0.884. The standard InChI is InChI=1S/C19H20FN3O2/c1-13(19-22-16-8-2-3-9-17(16)23-19)21-18(24)10-5-11-25-15-7-4-6-14(20)12-15/h2-4,6-9,12-13H,5,10-11H2,1H3,(H,21,24)(H,22,23)/t13-/m1/s1. The number of rotatable bonds is 7. The summed E-state index contributed by atoms with van der Waals surface area (Å²) < 4.78 is 18.5. The largest absolute Gasteiger partial charge is 0.493 e. The summed E-state index contributed by atoms with van der Waals surface area (Å²) in [7, 11) is 0. The molecule has 1 heterocycles. The molecule has 5 nitrogen and oxygen atoms in total. The molecule has 0 aliphatic rings. The molecule has 3 rings (SSSR count). The summed E-state index contributed by atoms with van der Waals surface area (Å²) in [5, 5.41) is 2.92. The van der Waals surface area contributed by atoms with Gasteiger partial charge in [0.15, 0.2) is 0 Å². The monoisotopic (exact) mass is 341 g/mol. The lowest BCUT2D eigenvalue weighted by Crippen LogP contribution is -2.27. The summed E-state index contributed by atoms with van der Waals surface area (Å²) in [6, 6.07) is 13.5. The van der Waals surface area contributed by atoms with Gasteiger partial charge < -0.3 is 15.0 Å². The number of nitrogens with zero attached hydrogens (tertiary/aromatic N) is 1. The fourth-order valence-electron chi connectivity index (χ4n) is 2.54. The minimum Gasteiger partial charge on any atom is -0.493 e. The number of aromatic nitrogens is 2. The van der Waals surface area contributed by atoms with Crippen molar-refractivity contribution < 1.29 is 13.9 Å². The maximum absolute atomic E-state index is 13.0. The molecule has 0 fully saturated rings. The highest BCUT2D eigenvalue weighted by molar-refractivity contribution is 5.77. The van der Waals surface area contributed by atoms with Crippen molar-refractivity contribution in [3.63, 3.8) is 0 Å². The van der Waals surface area contributed by atoms with Crippen LogP contribution in [0.25, 0.3) is 11.0 Å². The van der Waals surface area contributed by atoms with Crippen LogP contribution in [0.15, 0.2) is 48.5 Å². The van der Waals surface area contributed by atoms with Gasteiger partial charge in [0.25, 0.3) is 0 Å². The lowest BCUT2D eigenvalue weighted by atomic mass is 10.2. The normalized spacial score (nSPS) is 12.1. The van der Waals surface area contributed by atoms with Crippen molar-refractivity contribution in [1.29, 1.82) is 0 Å². The van der Waals surface area contributed by atoms with Gasteiger partial charge in [-0.3, -0.25) is 4.79 Å². The highest BCUT2D eigenvalue weighted by Crippen LogP contribution is 2.16. The Hall–Kier alpha value is -2.89. The minimum absolute atomic E-state index is 0.0733. The van der Waals surface area contributed by atoms with E-state index >= 15 is 0 Å². The van der Waals surface area contributed by atoms with E-state index in [4.69, 9.17) is 4.74 Å². The lowest BCUT2D eigenvalue weighted by molar-refractivity contribution is -0.122. The highest BCUT2D eigenvalue weighted by Gasteiger charge is 2.13. The fourth-order valence-corrected chi connectivity index (χ4v) is 2.54. The Morgan fingerprint density at radius 3 is 2.92 bits per heavy atom. The Kier molecular flexibility index (Phi) is 5.28. The molecule has 0 bridgehead atoms. The van der Waals surface area contributed by atoms with Gasteiger partial charge in [-0.1, -0.05) is 18.2 Å². The van der Waals surface area contributed by atoms with Crippen molar-refractivity contribution in [1.82, 2.24) is 15.3 Å². The first-order chi connectivity index (χ1) is 12.1. The van der Waals surface area contributed by atoms with E-state index in [0.29, 0.717) is 25.2 Å². The van der Waals surface area contributed by atoms with Crippen LogP contribution in [-0.4, -0.2) is 22.5 Å². The number of H-pyrrole nitrogens is 1. The summed E-state index contributed by atoms with van der Waals surface area (Å²) >= 11 is 0. The SMILES string of the molecule is C[C@@H](NC(=O)CCCOc1cccc(F)c1)c1nc2ccccc2[nH]1.